The van der Waals surface area contributed by atoms with Gasteiger partial charge in [0.2, 0.25) is 0 Å². The van der Waals surface area contributed by atoms with E-state index in [0.29, 0.717) is 41.4 Å². The highest BCUT2D eigenvalue weighted by atomic mass is 16.6. The summed E-state index contributed by atoms with van der Waals surface area (Å²) in [5.41, 5.74) is 3.31. The highest BCUT2D eigenvalue weighted by Gasteiger charge is 2.21. The molecule has 0 N–H and O–H groups in total. The molecule has 0 fully saturated rings. The standard InChI is InChI=1S/C29H30O7/c1-19(2)11-12-21-15-25(33-4)26(35-18-20-9-7-6-8-10-20)17-23(21)29(31)36-27-16-22(28(30)34-5)13-14-24(27)32-3/h6-11,13-17H,12,18H2,1-5H3. The van der Waals surface area contributed by atoms with Crippen molar-refractivity contribution in [3.05, 3.63) is 94.6 Å². The first-order chi connectivity index (χ1) is 17.4. The average molecular weight is 491 g/mol. The van der Waals surface area contributed by atoms with Gasteiger partial charge in [0.15, 0.2) is 23.0 Å². The minimum Gasteiger partial charge on any atom is -0.493 e. The smallest absolute Gasteiger partial charge is 0.344 e. The first kappa shape index (κ1) is 26.3. The zero-order valence-corrected chi connectivity index (χ0v) is 21.1. The van der Waals surface area contributed by atoms with Crippen molar-refractivity contribution < 1.29 is 33.3 Å². The maximum absolute atomic E-state index is 13.4. The number of carbonyl (C=O) groups is 2. The van der Waals surface area contributed by atoms with Gasteiger partial charge in [-0.3, -0.25) is 0 Å². The van der Waals surface area contributed by atoms with Gasteiger partial charge in [0, 0.05) is 0 Å². The van der Waals surface area contributed by atoms with Gasteiger partial charge in [-0.25, -0.2) is 9.59 Å². The fourth-order valence-corrected chi connectivity index (χ4v) is 3.44. The van der Waals surface area contributed by atoms with Crippen molar-refractivity contribution in [1.82, 2.24) is 0 Å². The average Bonchev–Trinajstić information content (AvgIpc) is 2.90. The molecule has 36 heavy (non-hydrogen) atoms. The van der Waals surface area contributed by atoms with Crippen molar-refractivity contribution in [3.8, 4) is 23.0 Å². The Kier molecular flexibility index (Phi) is 9.11. The fraction of sp³-hybridized carbons (Fsp3) is 0.241. The number of methoxy groups -OCH3 is 3. The van der Waals surface area contributed by atoms with Crippen LogP contribution in [0.4, 0.5) is 0 Å². The van der Waals surface area contributed by atoms with Crippen LogP contribution in [0.2, 0.25) is 0 Å². The number of hydrogen-bond acceptors (Lipinski definition) is 7. The molecule has 0 bridgehead atoms. The lowest BCUT2D eigenvalue weighted by Crippen LogP contribution is -2.14. The molecule has 188 valence electrons. The van der Waals surface area contributed by atoms with Gasteiger partial charge in [-0.1, -0.05) is 42.0 Å². The Hall–Kier alpha value is -4.26. The Balaban J connectivity index is 2.00. The normalized spacial score (nSPS) is 10.2. The van der Waals surface area contributed by atoms with Gasteiger partial charge >= 0.3 is 11.9 Å². The van der Waals surface area contributed by atoms with Crippen LogP contribution in [0.15, 0.2) is 72.3 Å². The van der Waals surface area contributed by atoms with Crippen LogP contribution in [0.25, 0.3) is 0 Å². The molecule has 0 saturated carbocycles. The summed E-state index contributed by atoms with van der Waals surface area (Å²) in [6.45, 7) is 4.26. The summed E-state index contributed by atoms with van der Waals surface area (Å²) in [5, 5.41) is 0. The summed E-state index contributed by atoms with van der Waals surface area (Å²) in [5.74, 6) is 0.131. The van der Waals surface area contributed by atoms with Crippen molar-refractivity contribution in [2.75, 3.05) is 21.3 Å². The van der Waals surface area contributed by atoms with E-state index >= 15 is 0 Å². The Morgan fingerprint density at radius 3 is 2.14 bits per heavy atom. The first-order valence-corrected chi connectivity index (χ1v) is 11.4. The Bertz CT molecular complexity index is 1240. The molecule has 0 aliphatic carbocycles. The lowest BCUT2D eigenvalue weighted by atomic mass is 10.0. The van der Waals surface area contributed by atoms with Gasteiger partial charge in [0.05, 0.1) is 32.5 Å². The third kappa shape index (κ3) is 6.66. The highest BCUT2D eigenvalue weighted by Crippen LogP contribution is 2.34. The maximum Gasteiger partial charge on any atom is 0.344 e. The molecule has 0 amide bonds. The van der Waals surface area contributed by atoms with E-state index < -0.39 is 11.9 Å². The number of ether oxygens (including phenoxy) is 5. The first-order valence-electron chi connectivity index (χ1n) is 11.4. The van der Waals surface area contributed by atoms with Crippen LogP contribution < -0.4 is 18.9 Å². The summed E-state index contributed by atoms with van der Waals surface area (Å²) in [6.07, 6.45) is 2.50. The zero-order chi connectivity index (χ0) is 26.1. The second-order valence-corrected chi connectivity index (χ2v) is 8.17. The number of allylic oxidation sites excluding steroid dienone is 2. The highest BCUT2D eigenvalue weighted by molar-refractivity contribution is 5.95. The number of benzene rings is 3. The molecule has 0 atom stereocenters. The van der Waals surface area contributed by atoms with Crippen molar-refractivity contribution in [3.63, 3.8) is 0 Å². The second-order valence-electron chi connectivity index (χ2n) is 8.17. The van der Waals surface area contributed by atoms with E-state index in [2.05, 4.69) is 0 Å². The maximum atomic E-state index is 13.4. The number of esters is 2. The van der Waals surface area contributed by atoms with Gasteiger partial charge in [-0.2, -0.15) is 0 Å². The van der Waals surface area contributed by atoms with Gasteiger partial charge in [0.1, 0.15) is 6.61 Å². The van der Waals surface area contributed by atoms with Crippen LogP contribution in [-0.2, 0) is 17.8 Å². The Labute approximate surface area is 211 Å². The van der Waals surface area contributed by atoms with E-state index in [1.807, 2.05) is 50.3 Å². The predicted molar refractivity (Wildman–Crippen MR) is 136 cm³/mol. The predicted octanol–water partition coefficient (Wildman–Crippen LogP) is 5.80. The molecule has 0 radical (unpaired) electrons. The molecule has 7 nitrogen and oxygen atoms in total. The summed E-state index contributed by atoms with van der Waals surface area (Å²) < 4.78 is 27.4. The molecule has 0 aliphatic rings. The van der Waals surface area contributed by atoms with Crippen LogP contribution in [-0.4, -0.2) is 33.3 Å². The molecule has 7 heteroatoms. The second kappa shape index (κ2) is 12.4. The molecule has 0 aromatic heterocycles. The van der Waals surface area contributed by atoms with Crippen LogP contribution in [0.1, 0.15) is 45.7 Å². The quantitative estimate of drug-likeness (QED) is 0.202. The molecular weight excluding hydrogens is 460 g/mol. The summed E-state index contributed by atoms with van der Waals surface area (Å²) in [7, 11) is 4.28. The van der Waals surface area contributed by atoms with Crippen LogP contribution in [0.5, 0.6) is 23.0 Å². The van der Waals surface area contributed by atoms with E-state index in [1.54, 1.807) is 25.3 Å². The minimum atomic E-state index is -0.625. The van der Waals surface area contributed by atoms with E-state index in [1.165, 1.54) is 26.4 Å². The summed E-state index contributed by atoms with van der Waals surface area (Å²) >= 11 is 0. The van der Waals surface area contributed by atoms with Crippen molar-refractivity contribution in [2.24, 2.45) is 0 Å². The van der Waals surface area contributed by atoms with Gasteiger partial charge in [0.25, 0.3) is 0 Å². The van der Waals surface area contributed by atoms with E-state index in [0.717, 1.165) is 11.1 Å². The fourth-order valence-electron chi connectivity index (χ4n) is 3.44. The van der Waals surface area contributed by atoms with Crippen molar-refractivity contribution in [1.29, 1.82) is 0 Å². The number of rotatable bonds is 10. The van der Waals surface area contributed by atoms with Gasteiger partial charge in [-0.15, -0.1) is 0 Å². The van der Waals surface area contributed by atoms with Crippen LogP contribution >= 0.6 is 0 Å². The molecule has 3 aromatic carbocycles. The summed E-state index contributed by atoms with van der Waals surface area (Å²) in [6, 6.07) is 17.6. The number of hydrogen-bond donors (Lipinski definition) is 0. The lowest BCUT2D eigenvalue weighted by molar-refractivity contribution is 0.0597. The van der Waals surface area contributed by atoms with Crippen LogP contribution in [0.3, 0.4) is 0 Å². The Morgan fingerprint density at radius 1 is 0.778 bits per heavy atom. The minimum absolute atomic E-state index is 0.0983. The SMILES string of the molecule is COC(=O)c1ccc(OC)c(OC(=O)c2cc(OCc3ccccc3)c(OC)cc2CC=C(C)C)c1. The van der Waals surface area contributed by atoms with Crippen molar-refractivity contribution >= 4 is 11.9 Å². The molecule has 0 aliphatic heterocycles. The molecule has 3 aromatic rings. The van der Waals surface area contributed by atoms with E-state index in [-0.39, 0.29) is 11.3 Å². The third-order valence-electron chi connectivity index (χ3n) is 5.36. The van der Waals surface area contributed by atoms with Crippen molar-refractivity contribution in [2.45, 2.75) is 26.9 Å². The lowest BCUT2D eigenvalue weighted by Gasteiger charge is -2.16. The van der Waals surface area contributed by atoms with E-state index in [4.69, 9.17) is 23.7 Å². The molecule has 0 saturated heterocycles. The summed E-state index contributed by atoms with van der Waals surface area (Å²) in [4.78, 5) is 25.4. The Morgan fingerprint density at radius 2 is 1.50 bits per heavy atom. The number of carbonyl (C=O) groups excluding carboxylic acids is 2. The third-order valence-corrected chi connectivity index (χ3v) is 5.36. The van der Waals surface area contributed by atoms with E-state index in [9.17, 15) is 9.59 Å². The monoisotopic (exact) mass is 490 g/mol. The molecular formula is C29H30O7. The largest absolute Gasteiger partial charge is 0.493 e. The topological polar surface area (TPSA) is 80.3 Å². The molecule has 0 spiro atoms. The zero-order valence-electron chi connectivity index (χ0n) is 21.1. The molecule has 0 unspecified atom stereocenters. The molecule has 3 rings (SSSR count). The van der Waals surface area contributed by atoms with Crippen LogP contribution in [0, 0.1) is 0 Å². The molecule has 0 heterocycles. The van der Waals surface area contributed by atoms with Gasteiger partial charge < -0.3 is 23.7 Å². The van der Waals surface area contributed by atoms with Gasteiger partial charge in [-0.05, 0) is 61.7 Å².